The lowest BCUT2D eigenvalue weighted by molar-refractivity contribution is 0.102. The van der Waals surface area contributed by atoms with E-state index in [1.165, 1.54) is 0 Å². The molecule has 3 rings (SSSR count). The maximum atomic E-state index is 12.5. The largest absolute Gasteiger partial charge is 0.390 e. The molecule has 4 N–H and O–H groups in total. The molecule has 0 bridgehead atoms. The number of thiophene rings is 1. The number of benzene rings is 2. The van der Waals surface area contributed by atoms with Gasteiger partial charge < -0.3 is 16.4 Å². The fraction of sp³-hybridized carbons (Fsp3) is 0.0526. The van der Waals surface area contributed by atoms with E-state index in [2.05, 4.69) is 10.6 Å². The van der Waals surface area contributed by atoms with Gasteiger partial charge in [-0.1, -0.05) is 36.4 Å². The fourth-order valence-corrected chi connectivity index (χ4v) is 3.43. The van der Waals surface area contributed by atoms with Crippen LogP contribution in [0, 0.1) is 6.92 Å². The summed E-state index contributed by atoms with van der Waals surface area (Å²) in [6.45, 7) is 1.73. The molecule has 0 saturated carbocycles. The average molecular weight is 351 g/mol. The zero-order valence-electron chi connectivity index (χ0n) is 13.6. The lowest BCUT2D eigenvalue weighted by Gasteiger charge is -2.06. The van der Waals surface area contributed by atoms with Crippen molar-refractivity contribution in [3.05, 3.63) is 76.7 Å². The zero-order chi connectivity index (χ0) is 17.8. The molecular formula is C19H17N3O2S. The minimum absolute atomic E-state index is 0.279. The first-order valence-corrected chi connectivity index (χ1v) is 8.49. The highest BCUT2D eigenvalue weighted by Gasteiger charge is 2.23. The Morgan fingerprint density at radius 2 is 1.32 bits per heavy atom. The average Bonchev–Trinajstić information content (AvgIpc) is 2.91. The summed E-state index contributed by atoms with van der Waals surface area (Å²) in [6, 6.07) is 18.3. The normalized spacial score (nSPS) is 10.3. The molecule has 1 aromatic heterocycles. The molecule has 25 heavy (non-hydrogen) atoms. The van der Waals surface area contributed by atoms with Gasteiger partial charge in [0.1, 0.15) is 0 Å². The van der Waals surface area contributed by atoms with E-state index in [4.69, 9.17) is 5.73 Å². The number of nitrogens with two attached hydrogens (primary N) is 1. The Bertz CT molecular complexity index is 905. The monoisotopic (exact) mass is 351 g/mol. The Morgan fingerprint density at radius 3 is 1.84 bits per heavy atom. The standard InChI is InChI=1S/C19H17N3O2S/c1-12-15(18(23)21-13-8-4-2-5-9-13)17(20)25-16(12)19(24)22-14-10-6-3-7-11-14/h2-11H,20H2,1H3,(H,21,23)(H,22,24). The number of nitrogens with one attached hydrogen (secondary N) is 2. The quantitative estimate of drug-likeness (QED) is 0.660. The zero-order valence-corrected chi connectivity index (χ0v) is 14.4. The predicted molar refractivity (Wildman–Crippen MR) is 102 cm³/mol. The number of hydrogen-bond acceptors (Lipinski definition) is 4. The molecule has 3 aromatic rings. The van der Waals surface area contributed by atoms with Crippen LogP contribution in [0.25, 0.3) is 0 Å². The number of para-hydroxylation sites is 2. The minimum Gasteiger partial charge on any atom is -0.390 e. The Kier molecular flexibility index (Phi) is 4.81. The van der Waals surface area contributed by atoms with Crippen molar-refractivity contribution in [2.24, 2.45) is 0 Å². The molecule has 6 heteroatoms. The van der Waals surface area contributed by atoms with E-state index in [0.717, 1.165) is 11.3 Å². The van der Waals surface area contributed by atoms with Crippen LogP contribution in [0.2, 0.25) is 0 Å². The van der Waals surface area contributed by atoms with Gasteiger partial charge in [-0.15, -0.1) is 11.3 Å². The van der Waals surface area contributed by atoms with E-state index >= 15 is 0 Å². The van der Waals surface area contributed by atoms with Gasteiger partial charge in [-0.2, -0.15) is 0 Å². The third-order valence-electron chi connectivity index (χ3n) is 3.67. The third-order valence-corrected chi connectivity index (χ3v) is 4.79. The number of anilines is 3. The number of carbonyl (C=O) groups is 2. The molecule has 126 valence electrons. The summed E-state index contributed by atoms with van der Waals surface area (Å²) >= 11 is 1.11. The molecule has 1 heterocycles. The van der Waals surface area contributed by atoms with Crippen LogP contribution in [0.3, 0.4) is 0 Å². The topological polar surface area (TPSA) is 84.2 Å². The highest BCUT2D eigenvalue weighted by Crippen LogP contribution is 2.31. The van der Waals surface area contributed by atoms with Gasteiger partial charge in [0.25, 0.3) is 11.8 Å². The molecule has 0 aliphatic heterocycles. The van der Waals surface area contributed by atoms with E-state index in [0.29, 0.717) is 32.4 Å². The number of amides is 2. The Labute approximate surface area is 149 Å². The number of rotatable bonds is 4. The van der Waals surface area contributed by atoms with Gasteiger partial charge >= 0.3 is 0 Å². The number of carbonyl (C=O) groups excluding carboxylic acids is 2. The van der Waals surface area contributed by atoms with Crippen LogP contribution in [-0.2, 0) is 0 Å². The van der Waals surface area contributed by atoms with Crippen LogP contribution in [0.4, 0.5) is 16.4 Å². The second-order valence-corrected chi connectivity index (χ2v) is 6.49. The lowest BCUT2D eigenvalue weighted by Crippen LogP contribution is -2.15. The Balaban J connectivity index is 1.83. The van der Waals surface area contributed by atoms with Crippen LogP contribution in [-0.4, -0.2) is 11.8 Å². The van der Waals surface area contributed by atoms with Gasteiger partial charge in [0.15, 0.2) is 0 Å². The van der Waals surface area contributed by atoms with E-state index in [1.54, 1.807) is 31.2 Å². The van der Waals surface area contributed by atoms with Gasteiger partial charge in [0.05, 0.1) is 15.4 Å². The maximum Gasteiger partial charge on any atom is 0.266 e. The molecule has 0 radical (unpaired) electrons. The van der Waals surface area contributed by atoms with Gasteiger partial charge in [-0.05, 0) is 36.8 Å². The van der Waals surface area contributed by atoms with Crippen LogP contribution in [0.5, 0.6) is 0 Å². The van der Waals surface area contributed by atoms with Crippen LogP contribution in [0.1, 0.15) is 25.6 Å². The molecule has 0 fully saturated rings. The molecule has 0 saturated heterocycles. The summed E-state index contributed by atoms with van der Waals surface area (Å²) < 4.78 is 0. The van der Waals surface area contributed by atoms with Crippen molar-refractivity contribution in [3.63, 3.8) is 0 Å². The smallest absolute Gasteiger partial charge is 0.266 e. The van der Waals surface area contributed by atoms with Gasteiger partial charge in [-0.25, -0.2) is 0 Å². The first-order chi connectivity index (χ1) is 12.1. The van der Waals surface area contributed by atoms with Gasteiger partial charge in [-0.3, -0.25) is 9.59 Å². The summed E-state index contributed by atoms with van der Waals surface area (Å²) in [7, 11) is 0. The molecule has 2 amide bonds. The summed E-state index contributed by atoms with van der Waals surface area (Å²) in [4.78, 5) is 25.5. The summed E-state index contributed by atoms with van der Waals surface area (Å²) in [5.74, 6) is -0.602. The van der Waals surface area contributed by atoms with Gasteiger partial charge in [0.2, 0.25) is 0 Å². The van der Waals surface area contributed by atoms with Crippen molar-refractivity contribution < 1.29 is 9.59 Å². The van der Waals surface area contributed by atoms with Crippen molar-refractivity contribution in [2.75, 3.05) is 16.4 Å². The molecule has 0 unspecified atom stereocenters. The van der Waals surface area contributed by atoms with Crippen LogP contribution >= 0.6 is 11.3 Å². The highest BCUT2D eigenvalue weighted by molar-refractivity contribution is 7.18. The van der Waals surface area contributed by atoms with E-state index < -0.39 is 0 Å². The second kappa shape index (κ2) is 7.19. The molecule has 0 atom stereocenters. The first-order valence-electron chi connectivity index (χ1n) is 7.68. The minimum atomic E-state index is -0.323. The second-order valence-electron chi connectivity index (χ2n) is 5.44. The van der Waals surface area contributed by atoms with Crippen molar-refractivity contribution in [1.29, 1.82) is 0 Å². The third kappa shape index (κ3) is 3.70. The fourth-order valence-electron chi connectivity index (χ4n) is 2.46. The molecule has 0 aliphatic rings. The van der Waals surface area contributed by atoms with Crippen LogP contribution in [0.15, 0.2) is 60.7 Å². The first kappa shape index (κ1) is 16.7. The molecule has 0 spiro atoms. The molecule has 5 nitrogen and oxygen atoms in total. The summed E-state index contributed by atoms with van der Waals surface area (Å²) in [5.41, 5.74) is 8.28. The summed E-state index contributed by atoms with van der Waals surface area (Å²) in [6.07, 6.45) is 0. The molecule has 2 aromatic carbocycles. The van der Waals surface area contributed by atoms with Crippen LogP contribution < -0.4 is 16.4 Å². The van der Waals surface area contributed by atoms with E-state index in [9.17, 15) is 9.59 Å². The Morgan fingerprint density at radius 1 is 0.840 bits per heavy atom. The van der Waals surface area contributed by atoms with Crippen molar-refractivity contribution in [2.45, 2.75) is 6.92 Å². The number of nitrogen functional groups attached to an aromatic ring is 1. The Hall–Kier alpha value is -3.12. The summed E-state index contributed by atoms with van der Waals surface area (Å²) in [5, 5.41) is 5.93. The SMILES string of the molecule is Cc1c(C(=O)Nc2ccccc2)sc(N)c1C(=O)Nc1ccccc1. The molecular weight excluding hydrogens is 334 g/mol. The van der Waals surface area contributed by atoms with Crippen molar-refractivity contribution in [1.82, 2.24) is 0 Å². The number of hydrogen-bond donors (Lipinski definition) is 3. The van der Waals surface area contributed by atoms with Crippen molar-refractivity contribution >= 4 is 39.5 Å². The molecule has 0 aliphatic carbocycles. The maximum absolute atomic E-state index is 12.5. The van der Waals surface area contributed by atoms with E-state index in [-0.39, 0.29) is 11.8 Å². The highest BCUT2D eigenvalue weighted by atomic mass is 32.1. The van der Waals surface area contributed by atoms with Crippen molar-refractivity contribution in [3.8, 4) is 0 Å². The lowest BCUT2D eigenvalue weighted by atomic mass is 10.1. The van der Waals surface area contributed by atoms with Gasteiger partial charge in [0, 0.05) is 11.4 Å². The predicted octanol–water partition coefficient (Wildman–Crippen LogP) is 4.14. The van der Waals surface area contributed by atoms with E-state index in [1.807, 2.05) is 36.4 Å².